The molecular weight excluding hydrogens is 188 g/mol. The van der Waals surface area contributed by atoms with Gasteiger partial charge in [-0.05, 0) is 18.2 Å². The Hall–Kier alpha value is -2.04. The van der Waals surface area contributed by atoms with Gasteiger partial charge < -0.3 is 15.3 Å². The first kappa shape index (κ1) is 12.0. The zero-order valence-corrected chi connectivity index (χ0v) is 7.30. The molecule has 0 aliphatic carbocycles. The van der Waals surface area contributed by atoms with Crippen molar-refractivity contribution in [1.29, 1.82) is 0 Å². The van der Waals surface area contributed by atoms with Crippen LogP contribution < -0.4 is 0 Å². The second-order valence-corrected chi connectivity index (χ2v) is 2.39. The average molecular weight is 198 g/mol. The summed E-state index contributed by atoms with van der Waals surface area (Å²) >= 11 is 0. The Balaban J connectivity index is 4.24. The minimum Gasteiger partial charge on any atom is -0.508 e. The third-order valence-corrected chi connectivity index (χ3v) is 1.22. The molecule has 76 valence electrons. The molecule has 14 heavy (non-hydrogen) atoms. The smallest absolute Gasteiger partial charge is 0.335 e. The fourth-order valence-corrected chi connectivity index (χ4v) is 0.517. The molecule has 3 N–H and O–H groups in total. The molecule has 0 amide bonds. The average Bonchev–Trinajstić information content (AvgIpc) is 2.10. The van der Waals surface area contributed by atoms with Crippen LogP contribution in [0.1, 0.15) is 6.42 Å². The highest BCUT2D eigenvalue weighted by Gasteiger charge is 1.98. The lowest BCUT2D eigenvalue weighted by molar-refractivity contribution is -0.136. The number of allylic oxidation sites excluding steroid dienone is 1. The molecule has 0 radical (unpaired) electrons. The van der Waals surface area contributed by atoms with E-state index in [1.165, 1.54) is 0 Å². The lowest BCUT2D eigenvalue weighted by atomic mass is 10.2. The zero-order chi connectivity index (χ0) is 11.1. The van der Waals surface area contributed by atoms with E-state index in [9.17, 15) is 9.59 Å². The molecule has 0 bridgehead atoms. The molecule has 0 atom stereocenters. The maximum atomic E-state index is 10.2. The fraction of sp³-hybridized carbons (Fsp3) is 0.111. The van der Waals surface area contributed by atoms with Crippen LogP contribution in [0.4, 0.5) is 0 Å². The van der Waals surface area contributed by atoms with Gasteiger partial charge in [0.15, 0.2) is 0 Å². The van der Waals surface area contributed by atoms with Crippen LogP contribution in [-0.4, -0.2) is 27.3 Å². The summed E-state index contributed by atoms with van der Waals surface area (Å²) in [5.41, 5.74) is -0.194. The van der Waals surface area contributed by atoms with Crippen molar-refractivity contribution < 1.29 is 24.9 Å². The predicted molar refractivity (Wildman–Crippen MR) is 48.9 cm³/mol. The van der Waals surface area contributed by atoms with Gasteiger partial charge >= 0.3 is 11.9 Å². The Morgan fingerprint density at radius 3 is 2.14 bits per heavy atom. The number of aliphatic hydroxyl groups excluding tert-OH is 1. The van der Waals surface area contributed by atoms with Gasteiger partial charge in [0, 0.05) is 0 Å². The van der Waals surface area contributed by atoms with Crippen molar-refractivity contribution in [2.24, 2.45) is 0 Å². The minimum atomic E-state index is -1.20. The SMILES string of the molecule is C=C(/C=C\C(O)=C/CC(=O)O)C(=O)O. The first-order valence-electron chi connectivity index (χ1n) is 3.64. The summed E-state index contributed by atoms with van der Waals surface area (Å²) < 4.78 is 0. The molecule has 5 nitrogen and oxygen atoms in total. The van der Waals surface area contributed by atoms with Crippen LogP contribution in [0, 0.1) is 0 Å². The largest absolute Gasteiger partial charge is 0.508 e. The van der Waals surface area contributed by atoms with Crippen molar-refractivity contribution in [3.8, 4) is 0 Å². The van der Waals surface area contributed by atoms with Crippen molar-refractivity contribution in [3.05, 3.63) is 36.1 Å². The summed E-state index contributed by atoms with van der Waals surface area (Å²) in [5, 5.41) is 25.6. The minimum absolute atomic E-state index is 0.194. The van der Waals surface area contributed by atoms with Gasteiger partial charge in [0.25, 0.3) is 0 Å². The standard InChI is InChI=1S/C9H10O5/c1-6(9(13)14)2-3-7(10)4-5-8(11)12/h2-4,10H,1,5H2,(H,11,12)(H,13,14)/b3-2-,7-4+. The number of carboxylic acid groups (broad SMARTS) is 2. The molecule has 0 saturated heterocycles. The number of rotatable bonds is 5. The van der Waals surface area contributed by atoms with Crippen LogP contribution in [0.3, 0.4) is 0 Å². The first-order valence-corrected chi connectivity index (χ1v) is 3.64. The molecule has 0 fully saturated rings. The third kappa shape index (κ3) is 5.59. The monoisotopic (exact) mass is 198 g/mol. The number of carbonyl (C=O) groups is 2. The molecule has 0 aromatic rings. The molecule has 0 aliphatic heterocycles. The van der Waals surface area contributed by atoms with E-state index in [0.29, 0.717) is 0 Å². The highest BCUT2D eigenvalue weighted by Crippen LogP contribution is 1.99. The molecule has 0 unspecified atom stereocenters. The van der Waals surface area contributed by atoms with Crippen LogP contribution >= 0.6 is 0 Å². The summed E-state index contributed by atoms with van der Waals surface area (Å²) in [7, 11) is 0. The Bertz CT molecular complexity index is 311. The molecule has 0 aromatic heterocycles. The number of aliphatic carboxylic acids is 2. The van der Waals surface area contributed by atoms with Gasteiger partial charge in [-0.2, -0.15) is 0 Å². The van der Waals surface area contributed by atoms with E-state index in [1.807, 2.05) is 0 Å². The van der Waals surface area contributed by atoms with Gasteiger partial charge in [-0.3, -0.25) is 4.79 Å². The van der Waals surface area contributed by atoms with Gasteiger partial charge in [-0.25, -0.2) is 4.79 Å². The molecule has 0 rings (SSSR count). The van der Waals surface area contributed by atoms with Gasteiger partial charge in [-0.15, -0.1) is 0 Å². The maximum absolute atomic E-state index is 10.2. The number of carboxylic acids is 2. The molecule has 0 spiro atoms. The van der Waals surface area contributed by atoms with Crippen molar-refractivity contribution in [2.75, 3.05) is 0 Å². The van der Waals surface area contributed by atoms with Crippen molar-refractivity contribution >= 4 is 11.9 Å². The van der Waals surface area contributed by atoms with E-state index in [0.717, 1.165) is 18.2 Å². The fourth-order valence-electron chi connectivity index (χ4n) is 0.517. The number of aliphatic hydroxyl groups is 1. The summed E-state index contributed by atoms with van der Waals surface area (Å²) in [6, 6.07) is 0. The van der Waals surface area contributed by atoms with E-state index in [2.05, 4.69) is 6.58 Å². The molecule has 0 aliphatic rings. The summed E-state index contributed by atoms with van der Waals surface area (Å²) in [6.07, 6.45) is 2.87. The van der Waals surface area contributed by atoms with Crippen molar-refractivity contribution in [3.63, 3.8) is 0 Å². The molecule has 5 heteroatoms. The van der Waals surface area contributed by atoms with Crippen LogP contribution in [0.5, 0.6) is 0 Å². The van der Waals surface area contributed by atoms with Crippen LogP contribution in [0.2, 0.25) is 0 Å². The van der Waals surface area contributed by atoms with E-state index in [4.69, 9.17) is 15.3 Å². The quantitative estimate of drug-likeness (QED) is 0.349. The molecule has 0 saturated carbocycles. The predicted octanol–water partition coefficient (Wildman–Crippen LogP) is 1.10. The molecule has 0 heterocycles. The van der Waals surface area contributed by atoms with Gasteiger partial charge in [0.2, 0.25) is 0 Å². The Morgan fingerprint density at radius 2 is 1.71 bits per heavy atom. The maximum Gasteiger partial charge on any atom is 0.335 e. The zero-order valence-electron chi connectivity index (χ0n) is 7.30. The Morgan fingerprint density at radius 1 is 1.14 bits per heavy atom. The lowest BCUT2D eigenvalue weighted by Gasteiger charge is -1.91. The van der Waals surface area contributed by atoms with Crippen LogP contribution in [0.25, 0.3) is 0 Å². The number of hydrogen-bond donors (Lipinski definition) is 3. The highest BCUT2D eigenvalue weighted by atomic mass is 16.4. The second kappa shape index (κ2) is 5.58. The number of hydrogen-bond acceptors (Lipinski definition) is 3. The normalized spacial score (nSPS) is 11.6. The van der Waals surface area contributed by atoms with E-state index in [-0.39, 0.29) is 17.8 Å². The third-order valence-electron chi connectivity index (χ3n) is 1.22. The first-order chi connectivity index (χ1) is 6.43. The molecular formula is C9H10O5. The summed E-state index contributed by atoms with van der Waals surface area (Å²) in [5.74, 6) is -2.59. The summed E-state index contributed by atoms with van der Waals surface area (Å²) in [6.45, 7) is 3.18. The highest BCUT2D eigenvalue weighted by molar-refractivity contribution is 5.89. The van der Waals surface area contributed by atoms with Crippen molar-refractivity contribution in [2.45, 2.75) is 6.42 Å². The van der Waals surface area contributed by atoms with E-state index in [1.54, 1.807) is 0 Å². The Labute approximate surface area is 80.3 Å². The van der Waals surface area contributed by atoms with Crippen molar-refractivity contribution in [1.82, 2.24) is 0 Å². The van der Waals surface area contributed by atoms with E-state index >= 15 is 0 Å². The molecule has 0 aromatic carbocycles. The summed E-state index contributed by atoms with van der Waals surface area (Å²) in [4.78, 5) is 20.3. The Kier molecular flexibility index (Phi) is 4.77. The van der Waals surface area contributed by atoms with Gasteiger partial charge in [0.1, 0.15) is 5.76 Å². The second-order valence-electron chi connectivity index (χ2n) is 2.39. The van der Waals surface area contributed by atoms with Crippen LogP contribution in [-0.2, 0) is 9.59 Å². The van der Waals surface area contributed by atoms with Gasteiger partial charge in [-0.1, -0.05) is 6.58 Å². The lowest BCUT2D eigenvalue weighted by Crippen LogP contribution is -1.95. The van der Waals surface area contributed by atoms with Gasteiger partial charge in [0.05, 0.1) is 12.0 Å². The topological polar surface area (TPSA) is 94.8 Å². The van der Waals surface area contributed by atoms with Crippen LogP contribution in [0.15, 0.2) is 36.1 Å². The van der Waals surface area contributed by atoms with E-state index < -0.39 is 11.9 Å².